The highest BCUT2D eigenvalue weighted by Crippen LogP contribution is 2.12. The third-order valence-electron chi connectivity index (χ3n) is 1.30. The van der Waals surface area contributed by atoms with Gasteiger partial charge < -0.3 is 0 Å². The molecule has 1 rings (SSSR count). The maximum absolute atomic E-state index is 2.19. The van der Waals surface area contributed by atoms with Crippen molar-refractivity contribution in [3.8, 4) is 0 Å². The lowest BCUT2D eigenvalue weighted by molar-refractivity contribution is 1.05. The summed E-state index contributed by atoms with van der Waals surface area (Å²) in [7, 11) is 0. The molecule has 0 atom stereocenters. The summed E-state index contributed by atoms with van der Waals surface area (Å²) in [5, 5.41) is 0. The molecule has 0 amide bonds. The van der Waals surface area contributed by atoms with Crippen LogP contribution in [0.3, 0.4) is 0 Å². The first-order valence-electron chi connectivity index (χ1n) is 2.78. The van der Waals surface area contributed by atoms with Gasteiger partial charge in [-0.1, -0.05) is 30.7 Å². The van der Waals surface area contributed by atoms with Crippen LogP contribution in [0.15, 0.2) is 23.8 Å². The average molecular weight is 118 g/mol. The monoisotopic (exact) mass is 118 g/mol. The molecule has 0 nitrogen and oxygen atoms in total. The fourth-order valence-electron chi connectivity index (χ4n) is 0.754. The Bertz CT molecular complexity index is 112. The molecule has 0 unspecified atom stereocenters. The maximum atomic E-state index is 2.19. The molecule has 1 heteroatoms. The largest absolute Gasteiger partial charge is 0.0805 e. The van der Waals surface area contributed by atoms with Crippen molar-refractivity contribution in [3.63, 3.8) is 0 Å². The van der Waals surface area contributed by atoms with Gasteiger partial charge in [0.2, 0.25) is 0 Å². The highest BCUT2D eigenvalue weighted by molar-refractivity contribution is 5.75. The summed E-state index contributed by atoms with van der Waals surface area (Å²) < 4.78 is 0. The lowest BCUT2D eigenvalue weighted by Crippen LogP contribution is -1.68. The predicted octanol–water partition coefficient (Wildman–Crippen LogP) is 1.90. The first-order valence-corrected chi connectivity index (χ1v) is 2.78. The fourth-order valence-corrected chi connectivity index (χ4v) is 0.754. The molecule has 0 saturated carbocycles. The molecule has 40 valence electrons. The zero-order valence-corrected chi connectivity index (χ0v) is 6.77. The van der Waals surface area contributed by atoms with E-state index in [1.807, 2.05) is 0 Å². The lowest BCUT2D eigenvalue weighted by atomic mass is 10.2. The van der Waals surface area contributed by atoms with Crippen LogP contribution in [0.5, 0.6) is 0 Å². The van der Waals surface area contributed by atoms with Gasteiger partial charge in [-0.05, 0) is 12.8 Å². The molecule has 0 N–H and O–H groups in total. The van der Waals surface area contributed by atoms with Gasteiger partial charge in [0.25, 0.3) is 0 Å². The van der Waals surface area contributed by atoms with Gasteiger partial charge in [0.15, 0.2) is 0 Å². The van der Waals surface area contributed by atoms with Crippen molar-refractivity contribution in [3.05, 3.63) is 23.8 Å². The third kappa shape index (κ3) is 2.01. The van der Waals surface area contributed by atoms with Gasteiger partial charge in [0, 0.05) is 23.1 Å². The SMILES string of the molecule is CCC1=CC=CC1.[Mg]. The van der Waals surface area contributed by atoms with Crippen molar-refractivity contribution in [1.29, 1.82) is 0 Å². The fraction of sp³-hybridized carbons (Fsp3) is 0.429. The van der Waals surface area contributed by atoms with Crippen LogP contribution < -0.4 is 0 Å². The van der Waals surface area contributed by atoms with E-state index in [1.54, 1.807) is 5.57 Å². The van der Waals surface area contributed by atoms with Crippen LogP contribution >= 0.6 is 0 Å². The van der Waals surface area contributed by atoms with Gasteiger partial charge in [-0.3, -0.25) is 0 Å². The zero-order valence-electron chi connectivity index (χ0n) is 5.35. The minimum Gasteiger partial charge on any atom is -0.0805 e. The van der Waals surface area contributed by atoms with Crippen molar-refractivity contribution in [2.45, 2.75) is 19.8 Å². The van der Waals surface area contributed by atoms with Crippen molar-refractivity contribution in [1.82, 2.24) is 0 Å². The number of hydrogen-bond donors (Lipinski definition) is 0. The molecule has 0 saturated heterocycles. The van der Waals surface area contributed by atoms with Crippen molar-refractivity contribution in [2.75, 3.05) is 0 Å². The van der Waals surface area contributed by atoms with E-state index in [0.717, 1.165) is 0 Å². The van der Waals surface area contributed by atoms with Crippen LogP contribution in [-0.2, 0) is 0 Å². The molecule has 0 bridgehead atoms. The Hall–Kier alpha value is 0.246. The van der Waals surface area contributed by atoms with Gasteiger partial charge in [-0.25, -0.2) is 0 Å². The van der Waals surface area contributed by atoms with Gasteiger partial charge in [-0.2, -0.15) is 0 Å². The van der Waals surface area contributed by atoms with Gasteiger partial charge in [-0.15, -0.1) is 0 Å². The second kappa shape index (κ2) is 4.16. The van der Waals surface area contributed by atoms with Crippen molar-refractivity contribution >= 4 is 23.1 Å². The molecular formula is C7H10Mg. The highest BCUT2D eigenvalue weighted by Gasteiger charge is 1.91. The Kier molecular flexibility index (Phi) is 4.29. The Morgan fingerprint density at radius 2 is 2.38 bits per heavy atom. The Labute approximate surface area is 66.8 Å². The quantitative estimate of drug-likeness (QED) is 0.462. The van der Waals surface area contributed by atoms with Crippen LogP contribution in [0.1, 0.15) is 19.8 Å². The van der Waals surface area contributed by atoms with Crippen LogP contribution in [0, 0.1) is 0 Å². The summed E-state index contributed by atoms with van der Waals surface area (Å²) in [4.78, 5) is 0. The summed E-state index contributed by atoms with van der Waals surface area (Å²) in [5.74, 6) is 0. The van der Waals surface area contributed by atoms with E-state index in [-0.39, 0.29) is 23.1 Å². The molecule has 0 fully saturated rings. The number of rotatable bonds is 1. The highest BCUT2D eigenvalue weighted by atomic mass is 24.3. The predicted molar refractivity (Wildman–Crippen MR) is 37.9 cm³/mol. The second-order valence-electron chi connectivity index (χ2n) is 1.81. The minimum absolute atomic E-state index is 0. The molecule has 8 heavy (non-hydrogen) atoms. The standard InChI is InChI=1S/C7H10.Mg/c1-2-7-5-3-4-6-7;/h3-5H,2,6H2,1H3;. The number of hydrogen-bond acceptors (Lipinski definition) is 0. The van der Waals surface area contributed by atoms with Crippen LogP contribution in [0.4, 0.5) is 0 Å². The summed E-state index contributed by atoms with van der Waals surface area (Å²) >= 11 is 0. The Balaban J connectivity index is 0.000000490. The smallest absolute Gasteiger partial charge is 0 e. The molecule has 0 aromatic carbocycles. The second-order valence-corrected chi connectivity index (χ2v) is 1.81. The first-order chi connectivity index (χ1) is 3.43. The van der Waals surface area contributed by atoms with E-state index >= 15 is 0 Å². The molecule has 0 spiro atoms. The van der Waals surface area contributed by atoms with Crippen LogP contribution in [0.2, 0.25) is 0 Å². The van der Waals surface area contributed by atoms with E-state index < -0.39 is 0 Å². The normalized spacial score (nSPS) is 15.4. The summed E-state index contributed by atoms with van der Waals surface area (Å²) in [6, 6.07) is 0. The zero-order chi connectivity index (χ0) is 5.11. The maximum Gasteiger partial charge on any atom is 0 e. The van der Waals surface area contributed by atoms with E-state index in [4.69, 9.17) is 0 Å². The van der Waals surface area contributed by atoms with E-state index in [9.17, 15) is 0 Å². The van der Waals surface area contributed by atoms with Crippen molar-refractivity contribution < 1.29 is 0 Å². The van der Waals surface area contributed by atoms with Crippen molar-refractivity contribution in [2.24, 2.45) is 0 Å². The molecule has 0 aliphatic heterocycles. The van der Waals surface area contributed by atoms with Crippen LogP contribution in [0.25, 0.3) is 0 Å². The van der Waals surface area contributed by atoms with Gasteiger partial charge in [0.1, 0.15) is 0 Å². The van der Waals surface area contributed by atoms with Crippen LogP contribution in [-0.4, -0.2) is 23.1 Å². The molecule has 2 radical (unpaired) electrons. The van der Waals surface area contributed by atoms with Gasteiger partial charge in [0.05, 0.1) is 0 Å². The molecule has 1 aliphatic carbocycles. The average Bonchev–Trinajstić information content (AvgIpc) is 2.14. The summed E-state index contributed by atoms with van der Waals surface area (Å²) in [6.45, 7) is 2.19. The summed E-state index contributed by atoms with van der Waals surface area (Å²) in [6.07, 6.45) is 8.92. The summed E-state index contributed by atoms with van der Waals surface area (Å²) in [5.41, 5.74) is 1.56. The van der Waals surface area contributed by atoms with E-state index in [0.29, 0.717) is 0 Å². The van der Waals surface area contributed by atoms with E-state index in [2.05, 4.69) is 25.2 Å². The lowest BCUT2D eigenvalue weighted by Gasteiger charge is -1.88. The molecule has 0 aromatic heterocycles. The molecule has 1 aliphatic rings. The third-order valence-corrected chi connectivity index (χ3v) is 1.30. The van der Waals surface area contributed by atoms with Gasteiger partial charge >= 0.3 is 0 Å². The molecule has 0 heterocycles. The Morgan fingerprint density at radius 1 is 1.62 bits per heavy atom. The minimum atomic E-state index is 0. The first kappa shape index (κ1) is 8.25. The van der Waals surface area contributed by atoms with E-state index in [1.165, 1.54) is 12.8 Å². The molecular weight excluding hydrogens is 108 g/mol. The Morgan fingerprint density at radius 3 is 2.62 bits per heavy atom. The molecule has 0 aromatic rings. The topological polar surface area (TPSA) is 0 Å². The number of allylic oxidation sites excluding steroid dienone is 4.